The monoisotopic (exact) mass is 404 g/mol. The molecule has 3 nitrogen and oxygen atoms in total. The maximum absolute atomic E-state index is 14.8. The number of rotatable bonds is 1. The number of hydrogen-bond acceptors (Lipinski definition) is 3. The Balaban J connectivity index is 1.95. The lowest BCUT2D eigenvalue weighted by molar-refractivity contribution is -0.118. The fraction of sp³-hybridized carbons (Fsp3) is 0.286. The Kier molecular flexibility index (Phi) is 4.44. The number of benzene rings is 2. The summed E-state index contributed by atoms with van der Waals surface area (Å²) in [4.78, 5) is 13.1. The van der Waals surface area contributed by atoms with Crippen LogP contribution in [0.4, 0.5) is 15.8 Å². The van der Waals surface area contributed by atoms with E-state index in [9.17, 15) is 9.18 Å². The zero-order valence-corrected chi connectivity index (χ0v) is 16.5. The van der Waals surface area contributed by atoms with E-state index in [1.165, 1.54) is 6.07 Å². The molecule has 1 heterocycles. The molecule has 2 N–H and O–H groups in total. The Labute approximate surface area is 167 Å². The molecule has 0 saturated carbocycles. The van der Waals surface area contributed by atoms with Crippen LogP contribution in [0.3, 0.4) is 0 Å². The highest BCUT2D eigenvalue weighted by Gasteiger charge is 2.40. The van der Waals surface area contributed by atoms with Gasteiger partial charge in [-0.3, -0.25) is 4.79 Å². The number of anilines is 2. The molecular formula is C21H19Cl2FN2O. The van der Waals surface area contributed by atoms with Crippen molar-refractivity contribution in [2.45, 2.75) is 32.7 Å². The van der Waals surface area contributed by atoms with Gasteiger partial charge in [-0.25, -0.2) is 4.39 Å². The van der Waals surface area contributed by atoms with E-state index in [4.69, 9.17) is 23.2 Å². The third kappa shape index (κ3) is 3.32. The molecular weight excluding hydrogens is 386 g/mol. The van der Waals surface area contributed by atoms with E-state index < -0.39 is 11.9 Å². The molecule has 1 unspecified atom stereocenters. The van der Waals surface area contributed by atoms with Crippen LogP contribution in [0.15, 0.2) is 47.7 Å². The molecule has 1 atom stereocenters. The number of halogens is 3. The van der Waals surface area contributed by atoms with Crippen molar-refractivity contribution in [3.8, 4) is 0 Å². The fourth-order valence-corrected chi connectivity index (χ4v) is 4.36. The third-order valence-electron chi connectivity index (χ3n) is 5.06. The quantitative estimate of drug-likeness (QED) is 0.581. The Morgan fingerprint density at radius 3 is 2.63 bits per heavy atom. The standard InChI is InChI=1S/C21H19Cl2FN2O/c1-21(2)9-16-19(17(27)10-21)20(18-12(23)4-3-5-13(18)24)26-15-8-11(22)6-7-14(15)25-16/h3-8,20,25-26H,9-10H2,1-2H3. The summed E-state index contributed by atoms with van der Waals surface area (Å²) in [5.41, 5.74) is 2.93. The first-order chi connectivity index (χ1) is 12.7. The van der Waals surface area contributed by atoms with Gasteiger partial charge < -0.3 is 10.6 Å². The fourth-order valence-electron chi connectivity index (χ4n) is 3.92. The van der Waals surface area contributed by atoms with Crippen molar-refractivity contribution in [3.63, 3.8) is 0 Å². The first-order valence-corrected chi connectivity index (χ1v) is 9.54. The largest absolute Gasteiger partial charge is 0.372 e. The minimum absolute atomic E-state index is 0.00975. The highest BCUT2D eigenvalue weighted by Crippen LogP contribution is 2.47. The topological polar surface area (TPSA) is 41.1 Å². The molecule has 1 aliphatic heterocycles. The molecule has 0 radical (unpaired) electrons. The van der Waals surface area contributed by atoms with Gasteiger partial charge in [0.2, 0.25) is 0 Å². The van der Waals surface area contributed by atoms with E-state index in [2.05, 4.69) is 24.5 Å². The highest BCUT2D eigenvalue weighted by atomic mass is 35.5. The molecule has 2 aromatic rings. The number of allylic oxidation sites excluding steroid dienone is 1. The average Bonchev–Trinajstić information content (AvgIpc) is 2.69. The van der Waals surface area contributed by atoms with Crippen molar-refractivity contribution in [2.24, 2.45) is 5.41 Å². The number of ketones is 1. The second kappa shape index (κ2) is 6.54. The molecule has 2 aromatic carbocycles. The number of carbonyl (C=O) groups is 1. The summed E-state index contributed by atoms with van der Waals surface area (Å²) in [5, 5.41) is 7.52. The van der Waals surface area contributed by atoms with Gasteiger partial charge in [0, 0.05) is 33.3 Å². The zero-order chi connectivity index (χ0) is 19.3. The lowest BCUT2D eigenvalue weighted by Crippen LogP contribution is -2.31. The number of Topliss-reactive ketones (excluding diaryl/α,β-unsaturated/α-hetero) is 1. The smallest absolute Gasteiger partial charge is 0.163 e. The Morgan fingerprint density at radius 1 is 1.11 bits per heavy atom. The van der Waals surface area contributed by atoms with Crippen LogP contribution in [-0.4, -0.2) is 5.78 Å². The maximum atomic E-state index is 14.8. The van der Waals surface area contributed by atoms with E-state index >= 15 is 0 Å². The van der Waals surface area contributed by atoms with Crippen molar-refractivity contribution >= 4 is 40.4 Å². The molecule has 0 amide bonds. The minimum Gasteiger partial charge on any atom is -0.372 e. The SMILES string of the molecule is CC1(C)CC(=O)C2=C(C1)Nc1ccc(Cl)cc1NC2c1c(F)cccc1Cl. The van der Waals surface area contributed by atoms with Crippen LogP contribution < -0.4 is 10.6 Å². The zero-order valence-electron chi connectivity index (χ0n) is 15.0. The lowest BCUT2D eigenvalue weighted by atomic mass is 9.73. The number of carbonyl (C=O) groups excluding carboxylic acids is 1. The van der Waals surface area contributed by atoms with Gasteiger partial charge >= 0.3 is 0 Å². The number of fused-ring (bicyclic) bond motifs is 1. The first-order valence-electron chi connectivity index (χ1n) is 8.78. The normalized spacial score (nSPS) is 20.9. The summed E-state index contributed by atoms with van der Waals surface area (Å²) in [5.74, 6) is -0.459. The van der Waals surface area contributed by atoms with Crippen LogP contribution >= 0.6 is 23.2 Å². The summed E-state index contributed by atoms with van der Waals surface area (Å²) >= 11 is 12.5. The second-order valence-corrected chi connectivity index (χ2v) is 8.70. The van der Waals surface area contributed by atoms with E-state index in [1.54, 1.807) is 24.3 Å². The van der Waals surface area contributed by atoms with Gasteiger partial charge in [-0.1, -0.05) is 43.1 Å². The van der Waals surface area contributed by atoms with E-state index in [0.717, 1.165) is 11.4 Å². The van der Waals surface area contributed by atoms with Gasteiger partial charge in [0.15, 0.2) is 5.78 Å². The molecule has 1 aliphatic carbocycles. The predicted octanol–water partition coefficient (Wildman–Crippen LogP) is 6.35. The van der Waals surface area contributed by atoms with E-state index in [1.807, 2.05) is 6.07 Å². The molecule has 0 saturated heterocycles. The van der Waals surface area contributed by atoms with Crippen LogP contribution in [0.5, 0.6) is 0 Å². The van der Waals surface area contributed by atoms with Gasteiger partial charge in [0.25, 0.3) is 0 Å². The molecule has 2 aliphatic rings. The van der Waals surface area contributed by atoms with Gasteiger partial charge in [-0.2, -0.15) is 0 Å². The molecule has 140 valence electrons. The van der Waals surface area contributed by atoms with Crippen LogP contribution in [-0.2, 0) is 4.79 Å². The van der Waals surface area contributed by atoms with Gasteiger partial charge in [-0.15, -0.1) is 0 Å². The summed E-state index contributed by atoms with van der Waals surface area (Å²) in [6, 6.07) is 9.26. The van der Waals surface area contributed by atoms with Gasteiger partial charge in [-0.05, 0) is 42.2 Å². The van der Waals surface area contributed by atoms with Crippen LogP contribution in [0, 0.1) is 11.2 Å². The third-order valence-corrected chi connectivity index (χ3v) is 5.63. The van der Waals surface area contributed by atoms with E-state index in [-0.39, 0.29) is 21.8 Å². The summed E-state index contributed by atoms with van der Waals surface area (Å²) in [7, 11) is 0. The molecule has 0 spiro atoms. The molecule has 0 aromatic heterocycles. The van der Waals surface area contributed by atoms with Crippen LogP contribution in [0.1, 0.15) is 38.3 Å². The average molecular weight is 405 g/mol. The van der Waals surface area contributed by atoms with Crippen LogP contribution in [0.25, 0.3) is 0 Å². The summed E-state index contributed by atoms with van der Waals surface area (Å²) < 4.78 is 14.8. The molecule has 0 fully saturated rings. The number of nitrogens with one attached hydrogen (secondary N) is 2. The first kappa shape index (κ1) is 18.3. The second-order valence-electron chi connectivity index (χ2n) is 7.86. The maximum Gasteiger partial charge on any atom is 0.163 e. The number of hydrogen-bond donors (Lipinski definition) is 2. The van der Waals surface area contributed by atoms with Crippen LogP contribution in [0.2, 0.25) is 10.0 Å². The van der Waals surface area contributed by atoms with Gasteiger partial charge in [0.05, 0.1) is 17.4 Å². The van der Waals surface area contributed by atoms with Crippen molar-refractivity contribution in [3.05, 3.63) is 69.1 Å². The summed E-state index contributed by atoms with van der Waals surface area (Å²) in [6.07, 6.45) is 1.08. The lowest BCUT2D eigenvalue weighted by Gasteiger charge is -2.34. The Bertz CT molecular complexity index is 964. The molecule has 4 rings (SSSR count). The van der Waals surface area contributed by atoms with E-state index in [0.29, 0.717) is 29.1 Å². The van der Waals surface area contributed by atoms with Crippen molar-refractivity contribution in [2.75, 3.05) is 10.6 Å². The Hall–Kier alpha value is -2.04. The van der Waals surface area contributed by atoms with Gasteiger partial charge in [0.1, 0.15) is 5.82 Å². The Morgan fingerprint density at radius 2 is 1.89 bits per heavy atom. The van der Waals surface area contributed by atoms with Crippen molar-refractivity contribution in [1.82, 2.24) is 0 Å². The minimum atomic E-state index is -0.690. The van der Waals surface area contributed by atoms with Crippen molar-refractivity contribution < 1.29 is 9.18 Å². The molecule has 6 heteroatoms. The molecule has 0 bridgehead atoms. The summed E-state index contributed by atoms with van der Waals surface area (Å²) in [6.45, 7) is 4.12. The van der Waals surface area contributed by atoms with Crippen molar-refractivity contribution in [1.29, 1.82) is 0 Å². The predicted molar refractivity (Wildman–Crippen MR) is 108 cm³/mol. The highest BCUT2D eigenvalue weighted by molar-refractivity contribution is 6.31. The molecule has 27 heavy (non-hydrogen) atoms.